The van der Waals surface area contributed by atoms with Crippen LogP contribution in [-0.2, 0) is 14.1 Å². The number of oxime groups is 2. The maximum Gasteiger partial charge on any atom is 0.184 e. The third-order valence-corrected chi connectivity index (χ3v) is 11.0. The second-order valence-electron chi connectivity index (χ2n) is 12.5. The molecule has 32 heavy (non-hydrogen) atoms. The molecule has 4 fully saturated rings. The molecule has 0 bridgehead atoms. The van der Waals surface area contributed by atoms with E-state index in [4.69, 9.17) is 14.1 Å². The molecule has 7 atom stereocenters. The highest BCUT2D eigenvalue weighted by Gasteiger charge is 2.60. The van der Waals surface area contributed by atoms with Crippen molar-refractivity contribution in [1.82, 2.24) is 0 Å². The van der Waals surface area contributed by atoms with E-state index in [1.165, 1.54) is 50.7 Å². The molecule has 0 amide bonds. The Labute approximate surface area is 196 Å². The minimum atomic E-state index is -1.59. The van der Waals surface area contributed by atoms with Gasteiger partial charge in [-0.05, 0) is 112 Å². The SMILES string of the molecule is CO/N=C(\CO[Si](C)(C)C)[C@H]1CCC2C3CC[C@@H]4C/C(=N/OC)CC[C@]4(C)C3CC[C@@]21C. The molecule has 0 N–H and O–H groups in total. The fraction of sp³-hybridized carbons (Fsp3) is 0.923. The third-order valence-electron chi connectivity index (χ3n) is 9.98. The van der Waals surface area contributed by atoms with Crippen molar-refractivity contribution in [1.29, 1.82) is 0 Å². The van der Waals surface area contributed by atoms with Crippen LogP contribution in [0.3, 0.4) is 0 Å². The molecular weight excluding hydrogens is 416 g/mol. The van der Waals surface area contributed by atoms with Gasteiger partial charge >= 0.3 is 0 Å². The van der Waals surface area contributed by atoms with Crippen LogP contribution in [0.25, 0.3) is 0 Å². The summed E-state index contributed by atoms with van der Waals surface area (Å²) in [5, 5.41) is 8.88. The van der Waals surface area contributed by atoms with Gasteiger partial charge in [0, 0.05) is 5.92 Å². The molecule has 0 spiro atoms. The first-order valence-electron chi connectivity index (χ1n) is 12.9. The molecule has 182 valence electrons. The molecule has 0 aliphatic heterocycles. The van der Waals surface area contributed by atoms with Gasteiger partial charge in [0.15, 0.2) is 8.32 Å². The Morgan fingerprint density at radius 3 is 2.38 bits per heavy atom. The van der Waals surface area contributed by atoms with E-state index >= 15 is 0 Å². The van der Waals surface area contributed by atoms with Crippen LogP contribution in [0.4, 0.5) is 0 Å². The number of fused-ring (bicyclic) bond motifs is 5. The average molecular weight is 463 g/mol. The summed E-state index contributed by atoms with van der Waals surface area (Å²) in [7, 11) is 1.78. The predicted molar refractivity (Wildman–Crippen MR) is 133 cm³/mol. The van der Waals surface area contributed by atoms with Crippen LogP contribution in [-0.4, -0.2) is 40.6 Å². The van der Waals surface area contributed by atoms with Crippen molar-refractivity contribution >= 4 is 19.7 Å². The largest absolute Gasteiger partial charge is 0.412 e. The third kappa shape index (κ3) is 4.31. The molecule has 0 aromatic carbocycles. The molecule has 6 heteroatoms. The summed E-state index contributed by atoms with van der Waals surface area (Å²) >= 11 is 0. The summed E-state index contributed by atoms with van der Waals surface area (Å²) in [4.78, 5) is 10.5. The molecule has 0 saturated heterocycles. The first kappa shape index (κ1) is 24.2. The van der Waals surface area contributed by atoms with Gasteiger partial charge < -0.3 is 14.1 Å². The lowest BCUT2D eigenvalue weighted by Gasteiger charge is -2.60. The van der Waals surface area contributed by atoms with Crippen LogP contribution in [0.2, 0.25) is 19.6 Å². The summed E-state index contributed by atoms with van der Waals surface area (Å²) in [5.41, 5.74) is 3.26. The highest BCUT2D eigenvalue weighted by atomic mass is 28.4. The summed E-state index contributed by atoms with van der Waals surface area (Å²) in [6, 6.07) is 0. The zero-order valence-corrected chi connectivity index (χ0v) is 22.6. The van der Waals surface area contributed by atoms with Gasteiger partial charge in [0.2, 0.25) is 0 Å². The molecule has 0 radical (unpaired) electrons. The van der Waals surface area contributed by atoms with Crippen molar-refractivity contribution in [2.75, 3.05) is 20.8 Å². The van der Waals surface area contributed by atoms with E-state index in [9.17, 15) is 0 Å². The van der Waals surface area contributed by atoms with E-state index in [1.54, 1.807) is 14.2 Å². The molecule has 0 aromatic heterocycles. The lowest BCUT2D eigenvalue weighted by atomic mass is 9.44. The van der Waals surface area contributed by atoms with E-state index in [2.05, 4.69) is 43.8 Å². The number of rotatable bonds is 6. The zero-order chi connectivity index (χ0) is 23.1. The van der Waals surface area contributed by atoms with Gasteiger partial charge in [0.1, 0.15) is 14.2 Å². The lowest BCUT2D eigenvalue weighted by Crippen LogP contribution is -2.54. The zero-order valence-electron chi connectivity index (χ0n) is 21.6. The standard InChI is InChI=1S/C26H46N2O3Si/c1-25-14-12-19(27-29-3)16-18(25)8-9-20-21-10-11-23(26(21,2)15-13-22(20)25)24(28-30-4)17-31-32(5,6)7/h18,20-23H,8-17H2,1-7H3/b27-19+,28-24+/t18-,20?,21?,22?,23-,25+,26+/m1/s1. The monoisotopic (exact) mass is 462 g/mol. The highest BCUT2D eigenvalue weighted by molar-refractivity contribution is 6.69. The lowest BCUT2D eigenvalue weighted by molar-refractivity contribution is -0.0965. The van der Waals surface area contributed by atoms with Gasteiger partial charge in [-0.2, -0.15) is 0 Å². The smallest absolute Gasteiger partial charge is 0.184 e. The Kier molecular flexibility index (Phi) is 6.86. The van der Waals surface area contributed by atoms with Crippen LogP contribution in [0.1, 0.15) is 71.6 Å². The van der Waals surface area contributed by atoms with Gasteiger partial charge in [-0.3, -0.25) is 0 Å². The summed E-state index contributed by atoms with van der Waals surface area (Å²) in [6.07, 6.45) is 11.6. The molecule has 4 aliphatic carbocycles. The molecular formula is C26H46N2O3Si. The Bertz CT molecular complexity index is 748. The van der Waals surface area contributed by atoms with E-state index in [1.807, 2.05) is 0 Å². The van der Waals surface area contributed by atoms with Crippen molar-refractivity contribution < 1.29 is 14.1 Å². The first-order valence-corrected chi connectivity index (χ1v) is 16.4. The molecule has 0 aromatic rings. The van der Waals surface area contributed by atoms with Crippen LogP contribution in [0, 0.1) is 40.4 Å². The Balaban J connectivity index is 1.53. The molecule has 4 aliphatic rings. The second kappa shape index (κ2) is 9.05. The van der Waals surface area contributed by atoms with Crippen molar-refractivity contribution in [3.8, 4) is 0 Å². The van der Waals surface area contributed by atoms with Crippen molar-refractivity contribution in [2.24, 2.45) is 50.7 Å². The number of hydrogen-bond donors (Lipinski definition) is 0. The normalized spacial score (nSPS) is 43.4. The van der Waals surface area contributed by atoms with Gasteiger partial charge in [-0.1, -0.05) is 24.2 Å². The number of hydrogen-bond acceptors (Lipinski definition) is 5. The predicted octanol–water partition coefficient (Wildman–Crippen LogP) is 6.50. The Hall–Kier alpha value is -0.883. The van der Waals surface area contributed by atoms with Crippen molar-refractivity contribution in [3.63, 3.8) is 0 Å². The van der Waals surface area contributed by atoms with E-state index in [0.717, 1.165) is 42.2 Å². The van der Waals surface area contributed by atoms with Gasteiger partial charge in [-0.25, -0.2) is 0 Å². The van der Waals surface area contributed by atoms with Crippen molar-refractivity contribution in [3.05, 3.63) is 0 Å². The minimum absolute atomic E-state index is 0.335. The summed E-state index contributed by atoms with van der Waals surface area (Å²) in [6.45, 7) is 12.6. The fourth-order valence-corrected chi connectivity index (χ4v) is 9.00. The molecule has 5 nitrogen and oxygen atoms in total. The topological polar surface area (TPSA) is 52.4 Å². The van der Waals surface area contributed by atoms with Crippen LogP contribution >= 0.6 is 0 Å². The van der Waals surface area contributed by atoms with Crippen LogP contribution < -0.4 is 0 Å². The Morgan fingerprint density at radius 1 is 0.938 bits per heavy atom. The molecule has 4 saturated carbocycles. The maximum absolute atomic E-state index is 6.31. The van der Waals surface area contributed by atoms with Gasteiger partial charge in [0.25, 0.3) is 0 Å². The molecule has 3 unspecified atom stereocenters. The van der Waals surface area contributed by atoms with E-state index in [0.29, 0.717) is 23.4 Å². The van der Waals surface area contributed by atoms with E-state index < -0.39 is 8.32 Å². The molecule has 4 rings (SSSR count). The van der Waals surface area contributed by atoms with E-state index in [-0.39, 0.29) is 0 Å². The summed E-state index contributed by atoms with van der Waals surface area (Å²) in [5.74, 6) is 3.82. The fourth-order valence-electron chi connectivity index (χ4n) is 8.42. The molecule has 0 heterocycles. The quantitative estimate of drug-likeness (QED) is 0.257. The van der Waals surface area contributed by atoms with Crippen LogP contribution in [0.5, 0.6) is 0 Å². The average Bonchev–Trinajstić information content (AvgIpc) is 3.08. The summed E-state index contributed by atoms with van der Waals surface area (Å²) < 4.78 is 6.31. The van der Waals surface area contributed by atoms with Crippen LogP contribution in [0.15, 0.2) is 10.3 Å². The van der Waals surface area contributed by atoms with Gasteiger partial charge in [-0.15, -0.1) is 0 Å². The van der Waals surface area contributed by atoms with Gasteiger partial charge in [0.05, 0.1) is 18.0 Å². The minimum Gasteiger partial charge on any atom is -0.412 e. The van der Waals surface area contributed by atoms with Crippen molar-refractivity contribution in [2.45, 2.75) is 91.3 Å². The highest BCUT2D eigenvalue weighted by Crippen LogP contribution is 2.67. The Morgan fingerprint density at radius 2 is 1.69 bits per heavy atom. The second-order valence-corrected chi connectivity index (χ2v) is 17.1. The maximum atomic E-state index is 6.31. The number of nitrogens with zero attached hydrogens (tertiary/aromatic N) is 2. The first-order chi connectivity index (χ1) is 15.1.